The zero-order valence-electron chi connectivity index (χ0n) is 11.3. The Kier molecular flexibility index (Phi) is 8.38. The summed E-state index contributed by atoms with van der Waals surface area (Å²) in [4.78, 5) is 0. The first-order chi connectivity index (χ1) is 7.99. The predicted octanol–water partition coefficient (Wildman–Crippen LogP) is 1.10. The molecule has 0 saturated heterocycles. The quantitative estimate of drug-likeness (QED) is 0.669. The molecule has 0 spiro atoms. The lowest BCUT2D eigenvalue weighted by Crippen LogP contribution is -2.47. The molecular weight excluding hydrogens is 274 g/mol. The minimum absolute atomic E-state index is 0. The van der Waals surface area contributed by atoms with E-state index in [1.165, 1.54) is 4.31 Å². The van der Waals surface area contributed by atoms with Crippen LogP contribution >= 0.6 is 12.4 Å². The average molecular weight is 300 g/mol. The van der Waals surface area contributed by atoms with Crippen LogP contribution in [0, 0.1) is 5.92 Å². The molecule has 0 heterocycles. The maximum absolute atomic E-state index is 12.0. The molecule has 7 heteroatoms. The number of nitrogens with two attached hydrogens (primary N) is 1. The van der Waals surface area contributed by atoms with Crippen molar-refractivity contribution in [2.24, 2.45) is 11.7 Å². The van der Waals surface area contributed by atoms with Crippen molar-refractivity contribution in [3.05, 3.63) is 0 Å². The second-order valence-corrected chi connectivity index (χ2v) is 6.73. The van der Waals surface area contributed by atoms with Crippen LogP contribution in [0.5, 0.6) is 0 Å². The Hall–Kier alpha value is 0.120. The highest BCUT2D eigenvalue weighted by atomic mass is 35.5. The van der Waals surface area contributed by atoms with Crippen molar-refractivity contribution in [3.8, 4) is 0 Å². The van der Waals surface area contributed by atoms with Crippen LogP contribution in [0.1, 0.15) is 39.0 Å². The van der Waals surface area contributed by atoms with Gasteiger partial charge in [-0.2, -0.15) is 17.4 Å². The third-order valence-corrected chi connectivity index (χ3v) is 4.73. The molecule has 1 atom stereocenters. The molecule has 3 N–H and O–H groups in total. The Balaban J connectivity index is 0.00000289. The standard InChI is InChI=1S/C11H25N3O2S.ClH/c1-3-4-5-11(8-12)13-17(15,16)14(2)9-10-6-7-10;/h10-11,13H,3-9,12H2,1-2H3;1H. The highest BCUT2D eigenvalue weighted by Crippen LogP contribution is 2.29. The van der Waals surface area contributed by atoms with Crippen LogP contribution in [0.4, 0.5) is 0 Å². The number of rotatable bonds is 9. The number of hydrogen-bond acceptors (Lipinski definition) is 3. The van der Waals surface area contributed by atoms with Gasteiger partial charge in [-0.15, -0.1) is 12.4 Å². The smallest absolute Gasteiger partial charge is 0.279 e. The lowest BCUT2D eigenvalue weighted by molar-refractivity contribution is 0.426. The Morgan fingerprint density at radius 1 is 1.44 bits per heavy atom. The summed E-state index contributed by atoms with van der Waals surface area (Å²) in [6, 6.07) is -0.137. The minimum Gasteiger partial charge on any atom is -0.329 e. The van der Waals surface area contributed by atoms with Gasteiger partial charge in [-0.05, 0) is 25.2 Å². The van der Waals surface area contributed by atoms with E-state index in [1.807, 2.05) is 0 Å². The molecule has 1 saturated carbocycles. The first-order valence-electron chi connectivity index (χ1n) is 6.43. The molecule has 18 heavy (non-hydrogen) atoms. The number of halogens is 1. The molecule has 0 amide bonds. The summed E-state index contributed by atoms with van der Waals surface area (Å²) in [7, 11) is -1.72. The average Bonchev–Trinajstić information content (AvgIpc) is 3.07. The van der Waals surface area contributed by atoms with Gasteiger partial charge in [-0.1, -0.05) is 19.8 Å². The zero-order chi connectivity index (χ0) is 12.9. The Bertz CT molecular complexity index is 320. The molecule has 5 nitrogen and oxygen atoms in total. The topological polar surface area (TPSA) is 75.4 Å². The van der Waals surface area contributed by atoms with Crippen molar-refractivity contribution in [2.45, 2.75) is 45.1 Å². The van der Waals surface area contributed by atoms with Crippen molar-refractivity contribution in [1.29, 1.82) is 0 Å². The monoisotopic (exact) mass is 299 g/mol. The van der Waals surface area contributed by atoms with Gasteiger partial charge in [0.15, 0.2) is 0 Å². The zero-order valence-corrected chi connectivity index (χ0v) is 12.9. The van der Waals surface area contributed by atoms with Gasteiger partial charge in [-0.25, -0.2) is 0 Å². The van der Waals surface area contributed by atoms with Crippen LogP contribution in [0.15, 0.2) is 0 Å². The van der Waals surface area contributed by atoms with E-state index < -0.39 is 10.2 Å². The molecule has 1 aliphatic carbocycles. The van der Waals surface area contributed by atoms with E-state index in [4.69, 9.17) is 5.73 Å². The van der Waals surface area contributed by atoms with Gasteiger partial charge in [-0.3, -0.25) is 0 Å². The van der Waals surface area contributed by atoms with E-state index in [2.05, 4.69) is 11.6 Å². The summed E-state index contributed by atoms with van der Waals surface area (Å²) in [6.07, 6.45) is 5.16. The third-order valence-electron chi connectivity index (χ3n) is 3.13. The lowest BCUT2D eigenvalue weighted by Gasteiger charge is -2.22. The van der Waals surface area contributed by atoms with Gasteiger partial charge in [0, 0.05) is 26.2 Å². The summed E-state index contributed by atoms with van der Waals surface area (Å²) in [6.45, 7) is 3.07. The van der Waals surface area contributed by atoms with Gasteiger partial charge in [0.25, 0.3) is 10.2 Å². The van der Waals surface area contributed by atoms with E-state index in [-0.39, 0.29) is 18.4 Å². The van der Waals surface area contributed by atoms with E-state index in [0.717, 1.165) is 32.1 Å². The lowest BCUT2D eigenvalue weighted by atomic mass is 10.1. The molecule has 1 rings (SSSR count). The van der Waals surface area contributed by atoms with Crippen LogP contribution in [0.2, 0.25) is 0 Å². The van der Waals surface area contributed by atoms with Crippen molar-refractivity contribution in [2.75, 3.05) is 20.1 Å². The van der Waals surface area contributed by atoms with Gasteiger partial charge < -0.3 is 5.73 Å². The van der Waals surface area contributed by atoms with Gasteiger partial charge in [0.05, 0.1) is 0 Å². The number of unbranched alkanes of at least 4 members (excludes halogenated alkanes) is 1. The van der Waals surface area contributed by atoms with Crippen LogP contribution in [0.25, 0.3) is 0 Å². The molecule has 0 aliphatic heterocycles. The van der Waals surface area contributed by atoms with Crippen LogP contribution in [-0.4, -0.2) is 38.9 Å². The molecule has 1 fully saturated rings. The van der Waals surface area contributed by atoms with Crippen LogP contribution in [-0.2, 0) is 10.2 Å². The second kappa shape index (κ2) is 8.32. The Morgan fingerprint density at radius 3 is 2.50 bits per heavy atom. The maximum atomic E-state index is 12.0. The molecule has 0 aromatic heterocycles. The van der Waals surface area contributed by atoms with E-state index in [1.54, 1.807) is 7.05 Å². The van der Waals surface area contributed by atoms with Crippen molar-refractivity contribution < 1.29 is 8.42 Å². The third kappa shape index (κ3) is 6.33. The van der Waals surface area contributed by atoms with E-state index in [0.29, 0.717) is 19.0 Å². The van der Waals surface area contributed by atoms with Crippen molar-refractivity contribution in [3.63, 3.8) is 0 Å². The fourth-order valence-electron chi connectivity index (χ4n) is 1.74. The Morgan fingerprint density at radius 2 is 2.06 bits per heavy atom. The summed E-state index contributed by atoms with van der Waals surface area (Å²) in [5.41, 5.74) is 5.59. The molecule has 0 radical (unpaired) electrons. The summed E-state index contributed by atoms with van der Waals surface area (Å²) in [5.74, 6) is 0.559. The molecular formula is C11H26ClN3O2S. The van der Waals surface area contributed by atoms with E-state index in [9.17, 15) is 8.42 Å². The summed E-state index contributed by atoms with van der Waals surface area (Å²) < 4.78 is 28.1. The predicted molar refractivity (Wildman–Crippen MR) is 77.0 cm³/mol. The van der Waals surface area contributed by atoms with Gasteiger partial charge >= 0.3 is 0 Å². The van der Waals surface area contributed by atoms with E-state index >= 15 is 0 Å². The van der Waals surface area contributed by atoms with Gasteiger partial charge in [0.2, 0.25) is 0 Å². The number of nitrogens with zero attached hydrogens (tertiary/aromatic N) is 1. The molecule has 0 aromatic carbocycles. The van der Waals surface area contributed by atoms with Crippen LogP contribution < -0.4 is 10.5 Å². The summed E-state index contributed by atoms with van der Waals surface area (Å²) >= 11 is 0. The molecule has 0 bridgehead atoms. The second-order valence-electron chi connectivity index (χ2n) is 4.92. The van der Waals surface area contributed by atoms with Gasteiger partial charge in [0.1, 0.15) is 0 Å². The fourth-order valence-corrected chi connectivity index (χ4v) is 2.96. The van der Waals surface area contributed by atoms with Crippen molar-refractivity contribution in [1.82, 2.24) is 9.03 Å². The highest BCUT2D eigenvalue weighted by molar-refractivity contribution is 7.87. The Labute approximate surface area is 117 Å². The minimum atomic E-state index is -3.35. The normalized spacial score (nSPS) is 17.6. The molecule has 1 aliphatic rings. The largest absolute Gasteiger partial charge is 0.329 e. The molecule has 110 valence electrons. The number of nitrogens with one attached hydrogen (secondary N) is 1. The SMILES string of the molecule is CCCCC(CN)NS(=O)(=O)N(C)CC1CC1.Cl. The first-order valence-corrected chi connectivity index (χ1v) is 7.87. The summed E-state index contributed by atoms with van der Waals surface area (Å²) in [5, 5.41) is 0. The first kappa shape index (κ1) is 18.1. The molecule has 0 aromatic rings. The van der Waals surface area contributed by atoms with Crippen LogP contribution in [0.3, 0.4) is 0 Å². The number of hydrogen-bond donors (Lipinski definition) is 2. The fraction of sp³-hybridized carbons (Fsp3) is 1.00. The highest BCUT2D eigenvalue weighted by Gasteiger charge is 2.29. The molecule has 1 unspecified atom stereocenters. The van der Waals surface area contributed by atoms with Crippen molar-refractivity contribution >= 4 is 22.6 Å². The maximum Gasteiger partial charge on any atom is 0.279 e.